The van der Waals surface area contributed by atoms with E-state index in [2.05, 4.69) is 17.4 Å². The van der Waals surface area contributed by atoms with Crippen LogP contribution in [-0.2, 0) is 16.0 Å². The fourth-order valence-corrected chi connectivity index (χ4v) is 3.87. The van der Waals surface area contributed by atoms with Crippen LogP contribution in [0, 0.1) is 5.92 Å². The van der Waals surface area contributed by atoms with Gasteiger partial charge in [-0.1, -0.05) is 30.3 Å². The van der Waals surface area contributed by atoms with E-state index in [1.165, 1.54) is 0 Å². The van der Waals surface area contributed by atoms with E-state index in [0.717, 1.165) is 40.1 Å². The van der Waals surface area contributed by atoms with Crippen molar-refractivity contribution >= 4 is 33.6 Å². The summed E-state index contributed by atoms with van der Waals surface area (Å²) in [6, 6.07) is 12.1. The maximum Gasteiger partial charge on any atom is 0.227 e. The third-order valence-corrected chi connectivity index (χ3v) is 5.35. The van der Waals surface area contributed by atoms with Gasteiger partial charge in [-0.05, 0) is 29.7 Å². The average molecular weight is 350 g/mol. The van der Waals surface area contributed by atoms with Crippen molar-refractivity contribution in [2.75, 3.05) is 20.1 Å². The molecule has 0 saturated carbocycles. The molecule has 0 bridgehead atoms. The van der Waals surface area contributed by atoms with Gasteiger partial charge in [0.15, 0.2) is 0 Å². The molecule has 0 spiro atoms. The van der Waals surface area contributed by atoms with Gasteiger partial charge in [-0.25, -0.2) is 0 Å². The minimum atomic E-state index is 0.0164. The van der Waals surface area contributed by atoms with Crippen LogP contribution in [0.2, 0.25) is 0 Å². The molecule has 2 heterocycles. The summed E-state index contributed by atoms with van der Waals surface area (Å²) in [5.41, 5.74) is 1.74. The highest BCUT2D eigenvalue weighted by molar-refractivity contribution is 6.08. The van der Waals surface area contributed by atoms with Gasteiger partial charge < -0.3 is 14.6 Å². The van der Waals surface area contributed by atoms with Gasteiger partial charge in [0.2, 0.25) is 11.8 Å². The quantitative estimate of drug-likeness (QED) is 0.789. The number of fused-ring (bicyclic) bond motifs is 3. The van der Waals surface area contributed by atoms with Crippen molar-refractivity contribution in [3.8, 4) is 0 Å². The van der Waals surface area contributed by atoms with E-state index < -0.39 is 0 Å². The molecule has 2 aromatic carbocycles. The largest absolute Gasteiger partial charge is 0.464 e. The van der Waals surface area contributed by atoms with Gasteiger partial charge in [-0.3, -0.25) is 9.59 Å². The topological polar surface area (TPSA) is 62.6 Å². The monoisotopic (exact) mass is 350 g/mol. The smallest absolute Gasteiger partial charge is 0.227 e. The number of carbonyl (C=O) groups excluding carboxylic acids is 2. The number of piperidine rings is 1. The number of amides is 2. The zero-order valence-electron chi connectivity index (χ0n) is 14.8. The number of nitrogens with one attached hydrogen (secondary N) is 1. The van der Waals surface area contributed by atoms with Crippen molar-refractivity contribution in [1.29, 1.82) is 0 Å². The molecule has 1 fully saturated rings. The van der Waals surface area contributed by atoms with Gasteiger partial charge in [0.05, 0.1) is 12.7 Å². The molecule has 1 aliphatic heterocycles. The zero-order valence-corrected chi connectivity index (χ0v) is 14.8. The second kappa shape index (κ2) is 6.83. The number of rotatable bonds is 3. The SMILES string of the molecule is CNC(=O)C1CCN(C(=O)Cc2coc3ccc4ccccc4c23)CC1. The lowest BCUT2D eigenvalue weighted by molar-refractivity contribution is -0.134. The molecule has 1 saturated heterocycles. The van der Waals surface area contributed by atoms with Gasteiger partial charge in [-0.15, -0.1) is 0 Å². The average Bonchev–Trinajstić information content (AvgIpc) is 3.10. The van der Waals surface area contributed by atoms with Crippen LogP contribution in [0.4, 0.5) is 0 Å². The Morgan fingerprint density at radius 1 is 1.15 bits per heavy atom. The molecule has 1 N–H and O–H groups in total. The van der Waals surface area contributed by atoms with Gasteiger partial charge in [-0.2, -0.15) is 0 Å². The summed E-state index contributed by atoms with van der Waals surface area (Å²) in [5.74, 6) is 0.183. The van der Waals surface area contributed by atoms with E-state index >= 15 is 0 Å². The molecule has 134 valence electrons. The maximum atomic E-state index is 12.8. The van der Waals surface area contributed by atoms with E-state index in [9.17, 15) is 9.59 Å². The first-order valence-corrected chi connectivity index (χ1v) is 9.04. The molecular formula is C21H22N2O3. The molecule has 1 aromatic heterocycles. The first kappa shape index (κ1) is 16.6. The van der Waals surface area contributed by atoms with E-state index in [-0.39, 0.29) is 17.7 Å². The van der Waals surface area contributed by atoms with Crippen molar-refractivity contribution in [2.24, 2.45) is 5.92 Å². The van der Waals surface area contributed by atoms with Crippen LogP contribution in [0.3, 0.4) is 0 Å². The summed E-state index contributed by atoms with van der Waals surface area (Å²) in [6.07, 6.45) is 3.47. The number of furan rings is 1. The van der Waals surface area contributed by atoms with Gasteiger partial charge in [0, 0.05) is 37.0 Å². The molecule has 26 heavy (non-hydrogen) atoms. The minimum absolute atomic E-state index is 0.0164. The number of benzene rings is 2. The third kappa shape index (κ3) is 2.94. The standard InChI is InChI=1S/C21H22N2O3/c1-22-21(25)15-8-10-23(11-9-15)19(24)12-16-13-26-18-7-6-14-4-2-3-5-17(14)20(16)18/h2-7,13,15H,8-12H2,1H3,(H,22,25). The Morgan fingerprint density at radius 2 is 1.92 bits per heavy atom. The predicted octanol–water partition coefficient (Wildman–Crippen LogP) is 3.11. The molecule has 2 amide bonds. The van der Waals surface area contributed by atoms with Crippen molar-refractivity contribution < 1.29 is 14.0 Å². The maximum absolute atomic E-state index is 12.8. The number of likely N-dealkylation sites (tertiary alicyclic amines) is 1. The Hall–Kier alpha value is -2.82. The second-order valence-electron chi connectivity index (χ2n) is 6.87. The Labute approximate surface area is 152 Å². The zero-order chi connectivity index (χ0) is 18.1. The summed E-state index contributed by atoms with van der Waals surface area (Å²) in [6.45, 7) is 1.26. The van der Waals surface area contributed by atoms with Crippen molar-refractivity contribution in [2.45, 2.75) is 19.3 Å². The second-order valence-corrected chi connectivity index (χ2v) is 6.87. The summed E-state index contributed by atoms with van der Waals surface area (Å²) < 4.78 is 5.68. The lowest BCUT2D eigenvalue weighted by Gasteiger charge is -2.31. The van der Waals surface area contributed by atoms with Gasteiger partial charge in [0.1, 0.15) is 5.58 Å². The lowest BCUT2D eigenvalue weighted by Crippen LogP contribution is -2.42. The predicted molar refractivity (Wildman–Crippen MR) is 101 cm³/mol. The summed E-state index contributed by atoms with van der Waals surface area (Å²) in [5, 5.41) is 5.97. The number of nitrogens with zero attached hydrogens (tertiary/aromatic N) is 1. The van der Waals surface area contributed by atoms with E-state index in [0.29, 0.717) is 19.5 Å². The molecule has 1 aliphatic rings. The molecule has 0 atom stereocenters. The van der Waals surface area contributed by atoms with Crippen LogP contribution in [0.25, 0.3) is 21.7 Å². The summed E-state index contributed by atoms with van der Waals surface area (Å²) in [7, 11) is 1.66. The Balaban J connectivity index is 1.54. The highest BCUT2D eigenvalue weighted by Crippen LogP contribution is 2.30. The number of carbonyl (C=O) groups is 2. The van der Waals surface area contributed by atoms with Crippen LogP contribution in [0.5, 0.6) is 0 Å². The number of hydrogen-bond donors (Lipinski definition) is 1. The van der Waals surface area contributed by atoms with E-state index in [4.69, 9.17) is 4.42 Å². The third-order valence-electron chi connectivity index (χ3n) is 5.35. The Bertz CT molecular complexity index is 968. The first-order chi connectivity index (χ1) is 12.7. The molecule has 0 radical (unpaired) electrons. The van der Waals surface area contributed by atoms with Gasteiger partial charge in [0.25, 0.3) is 0 Å². The van der Waals surface area contributed by atoms with Crippen LogP contribution in [0.1, 0.15) is 18.4 Å². The van der Waals surface area contributed by atoms with Crippen molar-refractivity contribution in [3.05, 3.63) is 48.2 Å². The lowest BCUT2D eigenvalue weighted by atomic mass is 9.95. The molecule has 5 heteroatoms. The highest BCUT2D eigenvalue weighted by atomic mass is 16.3. The van der Waals surface area contributed by atoms with Gasteiger partial charge >= 0.3 is 0 Å². The molecule has 5 nitrogen and oxygen atoms in total. The van der Waals surface area contributed by atoms with Crippen LogP contribution in [0.15, 0.2) is 47.1 Å². The summed E-state index contributed by atoms with van der Waals surface area (Å²) >= 11 is 0. The fourth-order valence-electron chi connectivity index (χ4n) is 3.87. The Morgan fingerprint density at radius 3 is 2.69 bits per heavy atom. The van der Waals surface area contributed by atoms with Crippen molar-refractivity contribution in [3.63, 3.8) is 0 Å². The molecule has 0 unspecified atom stereocenters. The summed E-state index contributed by atoms with van der Waals surface area (Å²) in [4.78, 5) is 26.4. The minimum Gasteiger partial charge on any atom is -0.464 e. The fraction of sp³-hybridized carbons (Fsp3) is 0.333. The van der Waals surface area contributed by atoms with E-state index in [1.54, 1.807) is 13.3 Å². The molecule has 4 rings (SSSR count). The molecule has 0 aliphatic carbocycles. The highest BCUT2D eigenvalue weighted by Gasteiger charge is 2.27. The first-order valence-electron chi connectivity index (χ1n) is 9.04. The van der Waals surface area contributed by atoms with Crippen LogP contribution >= 0.6 is 0 Å². The molecular weight excluding hydrogens is 328 g/mol. The molecule has 3 aromatic rings. The number of hydrogen-bond acceptors (Lipinski definition) is 3. The Kier molecular flexibility index (Phi) is 4.37. The van der Waals surface area contributed by atoms with Crippen LogP contribution < -0.4 is 5.32 Å². The normalized spacial score (nSPS) is 15.5. The van der Waals surface area contributed by atoms with Crippen molar-refractivity contribution in [1.82, 2.24) is 10.2 Å². The van der Waals surface area contributed by atoms with Crippen LogP contribution in [-0.4, -0.2) is 36.9 Å². The van der Waals surface area contributed by atoms with E-state index in [1.807, 2.05) is 29.2 Å².